The van der Waals surface area contributed by atoms with Crippen LogP contribution in [0.4, 0.5) is 0 Å². The van der Waals surface area contributed by atoms with Crippen molar-refractivity contribution in [1.82, 2.24) is 0 Å². The molecule has 1 unspecified atom stereocenters. The lowest BCUT2D eigenvalue weighted by atomic mass is 10.1. The molecule has 1 aromatic heterocycles. The van der Waals surface area contributed by atoms with E-state index in [2.05, 4.69) is 6.07 Å². The van der Waals surface area contributed by atoms with E-state index in [1.165, 1.54) is 42.5 Å². The average Bonchev–Trinajstić information content (AvgIpc) is 2.79. The summed E-state index contributed by atoms with van der Waals surface area (Å²) >= 11 is 1.80. The van der Waals surface area contributed by atoms with Crippen molar-refractivity contribution < 1.29 is 9.84 Å². The Hall–Kier alpha value is -1.32. The van der Waals surface area contributed by atoms with Gasteiger partial charge in [-0.1, -0.05) is 18.6 Å². The Kier molecular flexibility index (Phi) is 4.61. The number of rotatable bonds is 4. The summed E-state index contributed by atoms with van der Waals surface area (Å²) in [6.45, 7) is 0. The van der Waals surface area contributed by atoms with Gasteiger partial charge in [-0.2, -0.15) is 0 Å². The fourth-order valence-electron chi connectivity index (χ4n) is 2.98. The smallest absolute Gasteiger partial charge is 0.119 e. The average molecular weight is 302 g/mol. The van der Waals surface area contributed by atoms with Crippen LogP contribution < -0.4 is 4.74 Å². The number of aryl methyl sites for hydroxylation is 2. The second kappa shape index (κ2) is 6.63. The van der Waals surface area contributed by atoms with Crippen LogP contribution in [-0.4, -0.2) is 12.2 Å². The molecule has 0 saturated heterocycles. The van der Waals surface area contributed by atoms with Gasteiger partial charge in [-0.05, 0) is 55.0 Å². The van der Waals surface area contributed by atoms with Crippen LogP contribution >= 0.6 is 11.3 Å². The first-order valence-electron chi connectivity index (χ1n) is 7.69. The fraction of sp³-hybridized carbons (Fsp3) is 0.444. The maximum Gasteiger partial charge on any atom is 0.119 e. The Balaban J connectivity index is 1.74. The van der Waals surface area contributed by atoms with Crippen molar-refractivity contribution in [2.24, 2.45) is 0 Å². The normalized spacial score (nSPS) is 16.1. The summed E-state index contributed by atoms with van der Waals surface area (Å²) in [5.74, 6) is 0.849. The summed E-state index contributed by atoms with van der Waals surface area (Å²) in [4.78, 5) is 2.61. The highest BCUT2D eigenvalue weighted by atomic mass is 32.1. The van der Waals surface area contributed by atoms with Crippen molar-refractivity contribution >= 4 is 11.3 Å². The molecule has 0 bridgehead atoms. The quantitative estimate of drug-likeness (QED) is 0.853. The van der Waals surface area contributed by atoms with E-state index >= 15 is 0 Å². The predicted molar refractivity (Wildman–Crippen MR) is 87.2 cm³/mol. The Morgan fingerprint density at radius 3 is 2.90 bits per heavy atom. The third kappa shape index (κ3) is 3.47. The van der Waals surface area contributed by atoms with Gasteiger partial charge in [0.2, 0.25) is 0 Å². The number of fused-ring (bicyclic) bond motifs is 1. The lowest BCUT2D eigenvalue weighted by Gasteiger charge is -2.10. The molecule has 3 rings (SSSR count). The molecule has 1 atom stereocenters. The zero-order valence-corrected chi connectivity index (χ0v) is 13.3. The van der Waals surface area contributed by atoms with Gasteiger partial charge in [-0.3, -0.25) is 0 Å². The second-order valence-electron chi connectivity index (χ2n) is 5.73. The number of methoxy groups -OCH3 is 1. The third-order valence-corrected chi connectivity index (χ3v) is 5.50. The minimum atomic E-state index is -0.408. The molecule has 0 amide bonds. The van der Waals surface area contributed by atoms with Crippen LogP contribution in [-0.2, 0) is 19.3 Å². The van der Waals surface area contributed by atoms with Crippen molar-refractivity contribution in [2.45, 2.75) is 44.6 Å². The fourth-order valence-corrected chi connectivity index (χ4v) is 4.22. The van der Waals surface area contributed by atoms with Crippen LogP contribution in [0.3, 0.4) is 0 Å². The number of aliphatic hydroxyl groups is 1. The summed E-state index contributed by atoms with van der Waals surface area (Å²) in [6, 6.07) is 10.2. The minimum Gasteiger partial charge on any atom is -0.497 e. The Labute approximate surface area is 130 Å². The predicted octanol–water partition coefficient (Wildman–Crippen LogP) is 4.30. The summed E-state index contributed by atoms with van der Waals surface area (Å²) in [5.41, 5.74) is 2.59. The monoisotopic (exact) mass is 302 g/mol. The number of thiophene rings is 1. The van der Waals surface area contributed by atoms with Gasteiger partial charge in [0, 0.05) is 16.2 Å². The lowest BCUT2D eigenvalue weighted by Crippen LogP contribution is -2.00. The molecule has 112 valence electrons. The maximum atomic E-state index is 10.5. The van der Waals surface area contributed by atoms with E-state index in [-0.39, 0.29) is 0 Å². The summed E-state index contributed by atoms with van der Waals surface area (Å²) < 4.78 is 5.24. The van der Waals surface area contributed by atoms with E-state index in [1.54, 1.807) is 18.4 Å². The first kappa shape index (κ1) is 14.6. The van der Waals surface area contributed by atoms with E-state index in [9.17, 15) is 5.11 Å². The molecule has 1 aliphatic rings. The SMILES string of the molecule is COc1cccc(CC(O)c2cc3c(s2)CCCCC3)c1. The number of hydrogen-bond donors (Lipinski definition) is 1. The second-order valence-corrected chi connectivity index (χ2v) is 6.90. The van der Waals surface area contributed by atoms with Gasteiger partial charge in [0.1, 0.15) is 5.75 Å². The van der Waals surface area contributed by atoms with Gasteiger partial charge in [0.15, 0.2) is 0 Å². The van der Waals surface area contributed by atoms with Crippen molar-refractivity contribution in [2.75, 3.05) is 7.11 Å². The molecule has 0 fully saturated rings. The van der Waals surface area contributed by atoms with Crippen LogP contribution in [0.15, 0.2) is 30.3 Å². The van der Waals surface area contributed by atoms with E-state index in [0.717, 1.165) is 16.2 Å². The summed E-state index contributed by atoms with van der Waals surface area (Å²) in [5, 5.41) is 10.5. The van der Waals surface area contributed by atoms with Crippen molar-refractivity contribution in [1.29, 1.82) is 0 Å². The standard InChI is InChI=1S/C18H22O2S/c1-20-15-8-5-6-13(10-15)11-16(19)18-12-14-7-3-2-4-9-17(14)21-18/h5-6,8,10,12,16,19H,2-4,7,9,11H2,1H3. The summed E-state index contributed by atoms with van der Waals surface area (Å²) in [7, 11) is 1.67. The minimum absolute atomic E-state index is 0.408. The van der Waals surface area contributed by atoms with Crippen molar-refractivity contribution in [3.63, 3.8) is 0 Å². The highest BCUT2D eigenvalue weighted by molar-refractivity contribution is 7.12. The van der Waals surface area contributed by atoms with Gasteiger partial charge >= 0.3 is 0 Å². The number of benzene rings is 1. The maximum absolute atomic E-state index is 10.5. The molecule has 3 heteroatoms. The number of hydrogen-bond acceptors (Lipinski definition) is 3. The first-order valence-corrected chi connectivity index (χ1v) is 8.50. The van der Waals surface area contributed by atoms with Crippen LogP contribution in [0.2, 0.25) is 0 Å². The molecule has 0 spiro atoms. The number of ether oxygens (including phenoxy) is 1. The molecular weight excluding hydrogens is 280 g/mol. The molecule has 1 aliphatic carbocycles. The molecule has 2 nitrogen and oxygen atoms in total. The molecule has 1 heterocycles. The van der Waals surface area contributed by atoms with Crippen LogP contribution in [0, 0.1) is 0 Å². The first-order chi connectivity index (χ1) is 10.3. The zero-order valence-electron chi connectivity index (χ0n) is 12.5. The van der Waals surface area contributed by atoms with Gasteiger partial charge in [0.05, 0.1) is 13.2 Å². The molecular formula is C18H22O2S. The largest absolute Gasteiger partial charge is 0.497 e. The lowest BCUT2D eigenvalue weighted by molar-refractivity contribution is 0.182. The Morgan fingerprint density at radius 1 is 1.19 bits per heavy atom. The third-order valence-electron chi connectivity index (χ3n) is 4.16. The van der Waals surface area contributed by atoms with Gasteiger partial charge in [-0.25, -0.2) is 0 Å². The van der Waals surface area contributed by atoms with Gasteiger partial charge < -0.3 is 9.84 Å². The number of aliphatic hydroxyl groups excluding tert-OH is 1. The molecule has 1 aromatic carbocycles. The molecule has 2 aromatic rings. The summed E-state index contributed by atoms with van der Waals surface area (Å²) in [6.07, 6.45) is 6.52. The molecule has 0 aliphatic heterocycles. The van der Waals surface area contributed by atoms with Gasteiger partial charge in [0.25, 0.3) is 0 Å². The molecule has 0 saturated carbocycles. The van der Waals surface area contributed by atoms with Crippen molar-refractivity contribution in [3.05, 3.63) is 51.2 Å². The molecule has 1 N–H and O–H groups in total. The Bertz CT molecular complexity index is 580. The van der Waals surface area contributed by atoms with E-state index < -0.39 is 6.10 Å². The van der Waals surface area contributed by atoms with Crippen molar-refractivity contribution in [3.8, 4) is 5.75 Å². The topological polar surface area (TPSA) is 29.5 Å². The van der Waals surface area contributed by atoms with Crippen LogP contribution in [0.25, 0.3) is 0 Å². The van der Waals surface area contributed by atoms with E-state index in [0.29, 0.717) is 6.42 Å². The van der Waals surface area contributed by atoms with Crippen LogP contribution in [0.1, 0.15) is 46.2 Å². The van der Waals surface area contributed by atoms with Gasteiger partial charge in [-0.15, -0.1) is 11.3 Å². The van der Waals surface area contributed by atoms with E-state index in [1.807, 2.05) is 24.3 Å². The molecule has 21 heavy (non-hydrogen) atoms. The zero-order chi connectivity index (χ0) is 14.7. The van der Waals surface area contributed by atoms with Crippen LogP contribution in [0.5, 0.6) is 5.75 Å². The molecule has 0 radical (unpaired) electrons. The Morgan fingerprint density at radius 2 is 2.05 bits per heavy atom. The highest BCUT2D eigenvalue weighted by Gasteiger charge is 2.17. The van der Waals surface area contributed by atoms with E-state index in [4.69, 9.17) is 4.74 Å². The highest BCUT2D eigenvalue weighted by Crippen LogP contribution is 2.33.